The summed E-state index contributed by atoms with van der Waals surface area (Å²) in [6.07, 6.45) is -0.332. The number of benzene rings is 2. The highest BCUT2D eigenvalue weighted by atomic mass is 19.1. The fourth-order valence-corrected chi connectivity index (χ4v) is 4.09. The molecule has 0 spiro atoms. The maximum atomic E-state index is 13.3. The maximum Gasteiger partial charge on any atom is 0.126 e. The van der Waals surface area contributed by atoms with Crippen LogP contribution in [0.5, 0.6) is 11.5 Å². The van der Waals surface area contributed by atoms with Crippen LogP contribution in [0.4, 0.5) is 8.78 Å². The molecule has 4 rings (SSSR count). The van der Waals surface area contributed by atoms with Crippen LogP contribution >= 0.6 is 0 Å². The number of aliphatic hydroxyl groups excluding tert-OH is 2. The lowest BCUT2D eigenvalue weighted by Gasteiger charge is -2.34. The predicted molar refractivity (Wildman–Crippen MR) is 106 cm³/mol. The Bertz CT molecular complexity index is 826. The minimum atomic E-state index is -0.864. The molecule has 0 radical (unpaired) electrons. The van der Waals surface area contributed by atoms with Crippen LogP contribution in [0.1, 0.15) is 24.0 Å². The zero-order chi connectivity index (χ0) is 21.3. The van der Waals surface area contributed by atoms with Crippen molar-refractivity contribution in [3.63, 3.8) is 0 Å². The predicted octanol–water partition coefficient (Wildman–Crippen LogP) is 1.95. The monoisotopic (exact) mass is 420 g/mol. The molecule has 162 valence electrons. The summed E-state index contributed by atoms with van der Waals surface area (Å²) in [7, 11) is 0. The Hall–Kier alpha value is -2.26. The first-order valence-corrected chi connectivity index (χ1v) is 10.1. The lowest BCUT2D eigenvalue weighted by atomic mass is 9.98. The van der Waals surface area contributed by atoms with Crippen molar-refractivity contribution in [3.05, 3.63) is 59.2 Å². The molecule has 2 unspecified atom stereocenters. The summed E-state index contributed by atoms with van der Waals surface area (Å²) in [5.74, 6) is 6.54. The third-order valence-corrected chi connectivity index (χ3v) is 5.70. The van der Waals surface area contributed by atoms with Crippen molar-refractivity contribution < 1.29 is 28.5 Å². The lowest BCUT2D eigenvalue weighted by molar-refractivity contribution is -0.0278. The molecule has 0 fully saturated rings. The number of aliphatic hydroxyl groups is 2. The smallest absolute Gasteiger partial charge is 0.126 e. The Balaban J connectivity index is 1.28. The SMILES string of the molecule is NN(CC(O)C1CCc2cc(F)ccc2O1)C[C@@H](O)[C@H]1CCc2cc(F)ccc2O1. The molecule has 2 aliphatic heterocycles. The van der Waals surface area contributed by atoms with Gasteiger partial charge in [-0.2, -0.15) is 0 Å². The lowest BCUT2D eigenvalue weighted by Crippen LogP contribution is -2.51. The van der Waals surface area contributed by atoms with Crippen LogP contribution in [-0.4, -0.2) is 52.7 Å². The largest absolute Gasteiger partial charge is 0.487 e. The van der Waals surface area contributed by atoms with Crippen LogP contribution in [-0.2, 0) is 12.8 Å². The second kappa shape index (κ2) is 8.85. The van der Waals surface area contributed by atoms with Crippen molar-refractivity contribution in [2.75, 3.05) is 13.1 Å². The van der Waals surface area contributed by atoms with E-state index in [1.165, 1.54) is 29.3 Å². The first-order valence-electron chi connectivity index (χ1n) is 10.1. The van der Waals surface area contributed by atoms with Gasteiger partial charge >= 0.3 is 0 Å². The highest BCUT2D eigenvalue weighted by molar-refractivity contribution is 5.36. The zero-order valence-electron chi connectivity index (χ0n) is 16.5. The highest BCUT2D eigenvalue weighted by Gasteiger charge is 2.31. The van der Waals surface area contributed by atoms with Crippen LogP contribution in [0.25, 0.3) is 0 Å². The highest BCUT2D eigenvalue weighted by Crippen LogP contribution is 2.30. The fraction of sp³-hybridized carbons (Fsp3) is 0.455. The van der Waals surface area contributed by atoms with Crippen LogP contribution in [0.2, 0.25) is 0 Å². The quantitative estimate of drug-likeness (QED) is 0.489. The number of ether oxygens (including phenoxy) is 2. The third kappa shape index (κ3) is 4.73. The van der Waals surface area contributed by atoms with Crippen molar-refractivity contribution in [2.45, 2.75) is 50.1 Å². The second-order valence-corrected chi connectivity index (χ2v) is 7.98. The van der Waals surface area contributed by atoms with Crippen LogP contribution < -0.4 is 15.3 Å². The van der Waals surface area contributed by atoms with E-state index in [0.29, 0.717) is 37.2 Å². The van der Waals surface area contributed by atoms with Crippen molar-refractivity contribution in [1.82, 2.24) is 5.01 Å². The molecule has 0 saturated carbocycles. The van der Waals surface area contributed by atoms with Gasteiger partial charge in [0.05, 0.1) is 0 Å². The summed E-state index contributed by atoms with van der Waals surface area (Å²) in [5.41, 5.74) is 1.57. The first kappa shape index (κ1) is 21.0. The summed E-state index contributed by atoms with van der Waals surface area (Å²) in [6, 6.07) is 8.68. The molecule has 30 heavy (non-hydrogen) atoms. The van der Waals surface area contributed by atoms with E-state index in [2.05, 4.69) is 0 Å². The Morgan fingerprint density at radius 1 is 0.867 bits per heavy atom. The van der Waals surface area contributed by atoms with Gasteiger partial charge < -0.3 is 19.7 Å². The van der Waals surface area contributed by atoms with E-state index in [1.54, 1.807) is 12.1 Å². The Labute approximate surface area is 173 Å². The molecule has 0 amide bonds. The Kier molecular flexibility index (Phi) is 6.19. The number of hydrogen-bond acceptors (Lipinski definition) is 6. The van der Waals surface area contributed by atoms with Crippen molar-refractivity contribution in [3.8, 4) is 11.5 Å². The van der Waals surface area contributed by atoms with Gasteiger partial charge in [-0.15, -0.1) is 0 Å². The normalized spacial score (nSPS) is 22.5. The van der Waals surface area contributed by atoms with E-state index in [4.69, 9.17) is 15.3 Å². The first-order chi connectivity index (χ1) is 14.4. The summed E-state index contributed by atoms with van der Waals surface area (Å²) in [5, 5.41) is 22.4. The standard InChI is InChI=1S/C22H26F2N2O4/c23-15-3-7-19-13(9-15)1-5-21(29-19)17(27)11-26(25)12-18(28)22-6-2-14-10-16(24)4-8-20(14)30-22/h3-4,7-10,17-18,21-22,27-28H,1-2,5-6,11-12,25H2/t17-,18?,21-,22?/m1/s1. The number of hydrogen-bond donors (Lipinski definition) is 3. The molecule has 2 aromatic rings. The molecule has 4 atom stereocenters. The van der Waals surface area contributed by atoms with Gasteiger partial charge in [-0.1, -0.05) is 0 Å². The van der Waals surface area contributed by atoms with Crippen molar-refractivity contribution in [1.29, 1.82) is 0 Å². The van der Waals surface area contributed by atoms with Gasteiger partial charge in [0.1, 0.15) is 47.5 Å². The average Bonchev–Trinajstić information content (AvgIpc) is 2.72. The second-order valence-electron chi connectivity index (χ2n) is 7.98. The van der Waals surface area contributed by atoms with Crippen LogP contribution in [0.15, 0.2) is 36.4 Å². The number of rotatable bonds is 6. The van der Waals surface area contributed by atoms with Gasteiger partial charge in [0.25, 0.3) is 0 Å². The minimum Gasteiger partial charge on any atom is -0.487 e. The van der Waals surface area contributed by atoms with Crippen molar-refractivity contribution in [2.24, 2.45) is 5.84 Å². The molecule has 4 N–H and O–H groups in total. The molecule has 2 aliphatic rings. The van der Waals surface area contributed by atoms with Gasteiger partial charge in [-0.3, -0.25) is 5.84 Å². The number of nitrogens with zero attached hydrogens (tertiary/aromatic N) is 1. The van der Waals surface area contributed by atoms with E-state index in [-0.39, 0.29) is 24.7 Å². The summed E-state index contributed by atoms with van der Waals surface area (Å²) in [4.78, 5) is 0. The number of hydrazine groups is 1. The van der Waals surface area contributed by atoms with Crippen molar-refractivity contribution >= 4 is 0 Å². The molecule has 6 nitrogen and oxygen atoms in total. The van der Waals surface area contributed by atoms with Gasteiger partial charge in [-0.05, 0) is 73.2 Å². The topological polar surface area (TPSA) is 88.2 Å². The van der Waals surface area contributed by atoms with E-state index < -0.39 is 24.4 Å². The number of aryl methyl sites for hydroxylation is 2. The molecular weight excluding hydrogens is 394 g/mol. The number of fused-ring (bicyclic) bond motifs is 2. The third-order valence-electron chi connectivity index (χ3n) is 5.70. The minimum absolute atomic E-state index is 0.104. The average molecular weight is 420 g/mol. The fourth-order valence-electron chi connectivity index (χ4n) is 4.09. The van der Waals surface area contributed by atoms with Gasteiger partial charge in [-0.25, -0.2) is 13.8 Å². The van der Waals surface area contributed by atoms with Gasteiger partial charge in [0.2, 0.25) is 0 Å². The summed E-state index contributed by atoms with van der Waals surface area (Å²) in [6.45, 7) is 0.208. The maximum absolute atomic E-state index is 13.3. The zero-order valence-corrected chi connectivity index (χ0v) is 16.5. The van der Waals surface area contributed by atoms with E-state index in [9.17, 15) is 19.0 Å². The van der Waals surface area contributed by atoms with Gasteiger partial charge in [0.15, 0.2) is 0 Å². The summed E-state index contributed by atoms with van der Waals surface area (Å²) >= 11 is 0. The summed E-state index contributed by atoms with van der Waals surface area (Å²) < 4.78 is 38.2. The molecule has 0 aromatic heterocycles. The van der Waals surface area contributed by atoms with Crippen LogP contribution in [0, 0.1) is 11.6 Å². The number of nitrogens with two attached hydrogens (primary N) is 1. The van der Waals surface area contributed by atoms with Crippen LogP contribution in [0.3, 0.4) is 0 Å². The molecule has 8 heteroatoms. The molecule has 0 saturated heterocycles. The van der Waals surface area contributed by atoms with E-state index >= 15 is 0 Å². The molecule has 2 heterocycles. The molecule has 0 bridgehead atoms. The van der Waals surface area contributed by atoms with E-state index in [0.717, 1.165) is 11.1 Å². The molecular formula is C22H26F2N2O4. The molecule has 0 aliphatic carbocycles. The number of halogens is 2. The Morgan fingerprint density at radius 3 is 1.73 bits per heavy atom. The molecule has 2 aromatic carbocycles. The van der Waals surface area contributed by atoms with Gasteiger partial charge in [0, 0.05) is 13.1 Å². The van der Waals surface area contributed by atoms with E-state index in [1.807, 2.05) is 0 Å². The Morgan fingerprint density at radius 2 is 1.30 bits per heavy atom.